The van der Waals surface area contributed by atoms with Gasteiger partial charge < -0.3 is 4.74 Å². The molecule has 0 spiro atoms. The highest BCUT2D eigenvalue weighted by atomic mass is 16.5. The lowest BCUT2D eigenvalue weighted by atomic mass is 9.85. The minimum absolute atomic E-state index is 0.268. The number of carbonyl (C=O) groups is 1. The smallest absolute Gasteiger partial charge is 0.341 e. The number of hydrogen-bond donors (Lipinski definition) is 0. The van der Waals surface area contributed by atoms with Gasteiger partial charge in [0.1, 0.15) is 5.56 Å². The predicted octanol–water partition coefficient (Wildman–Crippen LogP) is 2.61. The van der Waals surface area contributed by atoms with Crippen LogP contribution >= 0.6 is 0 Å². The van der Waals surface area contributed by atoms with E-state index < -0.39 is 0 Å². The minimum atomic E-state index is -0.268. The predicted molar refractivity (Wildman–Crippen MR) is 82.1 cm³/mol. The molecule has 5 nitrogen and oxygen atoms in total. The van der Waals surface area contributed by atoms with E-state index in [1.54, 1.807) is 10.9 Å². The van der Waals surface area contributed by atoms with E-state index in [0.717, 1.165) is 25.3 Å². The summed E-state index contributed by atoms with van der Waals surface area (Å²) in [5.41, 5.74) is 1.97. The van der Waals surface area contributed by atoms with Gasteiger partial charge in [0, 0.05) is 13.6 Å². The van der Waals surface area contributed by atoms with Crippen molar-refractivity contribution in [1.82, 2.24) is 14.7 Å². The summed E-state index contributed by atoms with van der Waals surface area (Å²) in [7, 11) is 1.89. The summed E-state index contributed by atoms with van der Waals surface area (Å²) in [4.78, 5) is 14.4. The summed E-state index contributed by atoms with van der Waals surface area (Å²) < 4.78 is 6.91. The monoisotopic (exact) mass is 293 g/mol. The molecule has 0 saturated carbocycles. The highest BCUT2D eigenvalue weighted by Crippen LogP contribution is 2.30. The molecule has 21 heavy (non-hydrogen) atoms. The standard InChI is InChI=1S/C16H27N3O2/c1-5-21-15(20)13-11-17-18(4)14(13)12-19-9-6-7-16(2,3)8-10-19/h11H,5-10,12H2,1-4H3. The molecular formula is C16H27N3O2. The number of aryl methyl sites for hydroxylation is 1. The zero-order valence-corrected chi connectivity index (χ0v) is 13.7. The van der Waals surface area contributed by atoms with E-state index in [4.69, 9.17) is 4.74 Å². The topological polar surface area (TPSA) is 47.4 Å². The molecule has 1 aromatic heterocycles. The van der Waals surface area contributed by atoms with Crippen molar-refractivity contribution >= 4 is 5.97 Å². The Labute approximate surface area is 127 Å². The van der Waals surface area contributed by atoms with Crippen molar-refractivity contribution in [1.29, 1.82) is 0 Å². The zero-order chi connectivity index (χ0) is 15.5. The number of ether oxygens (including phenoxy) is 1. The third-order valence-electron chi connectivity index (χ3n) is 4.36. The average Bonchev–Trinajstić information content (AvgIpc) is 2.67. The van der Waals surface area contributed by atoms with Gasteiger partial charge >= 0.3 is 5.97 Å². The fourth-order valence-corrected chi connectivity index (χ4v) is 2.88. The molecule has 2 heterocycles. The average molecular weight is 293 g/mol. The third-order valence-corrected chi connectivity index (χ3v) is 4.36. The van der Waals surface area contributed by atoms with Crippen molar-refractivity contribution < 1.29 is 9.53 Å². The largest absolute Gasteiger partial charge is 0.462 e. The molecule has 2 rings (SSSR count). The SMILES string of the molecule is CCOC(=O)c1cnn(C)c1CN1CCCC(C)(C)CC1. The van der Waals surface area contributed by atoms with E-state index in [2.05, 4.69) is 23.8 Å². The molecule has 1 aliphatic heterocycles. The van der Waals surface area contributed by atoms with Crippen LogP contribution in [-0.4, -0.2) is 40.3 Å². The molecule has 0 amide bonds. The lowest BCUT2D eigenvalue weighted by Gasteiger charge is -2.23. The van der Waals surface area contributed by atoms with Crippen LogP contribution in [0, 0.1) is 5.41 Å². The van der Waals surface area contributed by atoms with Crippen molar-refractivity contribution in [3.8, 4) is 0 Å². The molecular weight excluding hydrogens is 266 g/mol. The summed E-state index contributed by atoms with van der Waals surface area (Å²) in [6.07, 6.45) is 5.29. The van der Waals surface area contributed by atoms with Gasteiger partial charge in [-0.3, -0.25) is 9.58 Å². The van der Waals surface area contributed by atoms with Crippen LogP contribution in [0.3, 0.4) is 0 Å². The second kappa shape index (κ2) is 6.60. The van der Waals surface area contributed by atoms with Crippen molar-refractivity contribution in [2.24, 2.45) is 12.5 Å². The van der Waals surface area contributed by atoms with Gasteiger partial charge in [0.05, 0.1) is 18.5 Å². The number of hydrogen-bond acceptors (Lipinski definition) is 4. The Morgan fingerprint density at radius 1 is 1.38 bits per heavy atom. The van der Waals surface area contributed by atoms with Gasteiger partial charge in [0.2, 0.25) is 0 Å². The number of aromatic nitrogens is 2. The molecule has 1 saturated heterocycles. The highest BCUT2D eigenvalue weighted by molar-refractivity contribution is 5.90. The number of rotatable bonds is 4. The van der Waals surface area contributed by atoms with E-state index in [9.17, 15) is 4.79 Å². The fourth-order valence-electron chi connectivity index (χ4n) is 2.88. The first-order valence-electron chi connectivity index (χ1n) is 7.83. The summed E-state index contributed by atoms with van der Waals surface area (Å²) in [6.45, 7) is 9.81. The summed E-state index contributed by atoms with van der Waals surface area (Å²) in [6, 6.07) is 0. The van der Waals surface area contributed by atoms with Crippen LogP contribution in [-0.2, 0) is 18.3 Å². The van der Waals surface area contributed by atoms with E-state index in [0.29, 0.717) is 17.6 Å². The van der Waals surface area contributed by atoms with Crippen LogP contribution in [0.15, 0.2) is 6.20 Å². The Morgan fingerprint density at radius 3 is 2.86 bits per heavy atom. The molecule has 5 heteroatoms. The van der Waals surface area contributed by atoms with Crippen LogP contribution < -0.4 is 0 Å². The fraction of sp³-hybridized carbons (Fsp3) is 0.750. The molecule has 1 aromatic rings. The maximum Gasteiger partial charge on any atom is 0.341 e. The quantitative estimate of drug-likeness (QED) is 0.801. The van der Waals surface area contributed by atoms with Crippen LogP contribution in [0.25, 0.3) is 0 Å². The first-order valence-corrected chi connectivity index (χ1v) is 7.83. The van der Waals surface area contributed by atoms with Gasteiger partial charge in [0.25, 0.3) is 0 Å². The van der Waals surface area contributed by atoms with E-state index in [1.807, 2.05) is 14.0 Å². The Kier molecular flexibility index (Phi) is 5.04. The summed E-state index contributed by atoms with van der Waals surface area (Å²) in [5, 5.41) is 4.23. The summed E-state index contributed by atoms with van der Waals surface area (Å²) >= 11 is 0. The Balaban J connectivity index is 2.09. The van der Waals surface area contributed by atoms with E-state index in [1.165, 1.54) is 19.3 Å². The second-order valence-electron chi connectivity index (χ2n) is 6.64. The van der Waals surface area contributed by atoms with Crippen molar-refractivity contribution in [3.63, 3.8) is 0 Å². The van der Waals surface area contributed by atoms with E-state index >= 15 is 0 Å². The normalized spacial score (nSPS) is 19.2. The number of nitrogens with zero attached hydrogens (tertiary/aromatic N) is 3. The van der Waals surface area contributed by atoms with Crippen LogP contribution in [0.2, 0.25) is 0 Å². The molecule has 0 N–H and O–H groups in total. The van der Waals surface area contributed by atoms with Gasteiger partial charge in [-0.25, -0.2) is 4.79 Å². The Morgan fingerprint density at radius 2 is 2.14 bits per heavy atom. The van der Waals surface area contributed by atoms with Gasteiger partial charge in [-0.2, -0.15) is 5.10 Å². The number of carbonyl (C=O) groups excluding carboxylic acids is 1. The zero-order valence-electron chi connectivity index (χ0n) is 13.7. The van der Waals surface area contributed by atoms with Crippen molar-refractivity contribution in [2.45, 2.75) is 46.6 Å². The molecule has 118 valence electrons. The molecule has 0 atom stereocenters. The minimum Gasteiger partial charge on any atom is -0.462 e. The highest BCUT2D eigenvalue weighted by Gasteiger charge is 2.25. The van der Waals surface area contributed by atoms with Crippen LogP contribution in [0.1, 0.15) is 56.1 Å². The number of likely N-dealkylation sites (tertiary alicyclic amines) is 1. The van der Waals surface area contributed by atoms with Gasteiger partial charge in [-0.05, 0) is 44.7 Å². The second-order valence-corrected chi connectivity index (χ2v) is 6.64. The van der Waals surface area contributed by atoms with Gasteiger partial charge in [-0.15, -0.1) is 0 Å². The Bertz CT molecular complexity index is 494. The van der Waals surface area contributed by atoms with Crippen molar-refractivity contribution in [2.75, 3.05) is 19.7 Å². The lowest BCUT2D eigenvalue weighted by Crippen LogP contribution is -2.27. The maximum absolute atomic E-state index is 12.0. The Hall–Kier alpha value is -1.36. The first kappa shape index (κ1) is 16.0. The summed E-state index contributed by atoms with van der Waals surface area (Å²) in [5.74, 6) is -0.268. The first-order chi connectivity index (χ1) is 9.93. The number of esters is 1. The van der Waals surface area contributed by atoms with Crippen LogP contribution in [0.4, 0.5) is 0 Å². The van der Waals surface area contributed by atoms with Gasteiger partial charge in [-0.1, -0.05) is 13.8 Å². The molecule has 0 aromatic carbocycles. The lowest BCUT2D eigenvalue weighted by molar-refractivity contribution is 0.0523. The molecule has 0 aliphatic carbocycles. The van der Waals surface area contributed by atoms with Crippen LogP contribution in [0.5, 0.6) is 0 Å². The van der Waals surface area contributed by atoms with Gasteiger partial charge in [0.15, 0.2) is 0 Å². The maximum atomic E-state index is 12.0. The molecule has 0 radical (unpaired) electrons. The molecule has 0 unspecified atom stereocenters. The third kappa shape index (κ3) is 4.06. The van der Waals surface area contributed by atoms with E-state index in [-0.39, 0.29) is 5.97 Å². The molecule has 0 bridgehead atoms. The molecule has 1 aliphatic rings. The van der Waals surface area contributed by atoms with Crippen molar-refractivity contribution in [3.05, 3.63) is 17.5 Å². The molecule has 1 fully saturated rings.